The van der Waals surface area contributed by atoms with E-state index in [2.05, 4.69) is 0 Å². The van der Waals surface area contributed by atoms with E-state index in [9.17, 15) is 9.18 Å². The van der Waals surface area contributed by atoms with Crippen molar-refractivity contribution in [2.45, 2.75) is 32.1 Å². The van der Waals surface area contributed by atoms with Gasteiger partial charge in [-0.25, -0.2) is 4.39 Å². The van der Waals surface area contributed by atoms with E-state index in [4.69, 9.17) is 10.5 Å². The standard InChI is InChI=1S/C20H23FN2O2/c1-13-3-5-16(6-4-13)19(22)20(24)23-11-14(2)25-18(12-23)15-7-9-17(21)10-8-15/h3-10,14,18-19H,11-12,22H2,1-2H3. The van der Waals surface area contributed by atoms with Crippen molar-refractivity contribution in [3.63, 3.8) is 0 Å². The molecule has 3 atom stereocenters. The molecular formula is C20H23FN2O2. The molecule has 1 aliphatic rings. The lowest BCUT2D eigenvalue weighted by Crippen LogP contribution is -2.49. The Morgan fingerprint density at radius 3 is 2.44 bits per heavy atom. The van der Waals surface area contributed by atoms with Gasteiger partial charge in [0.2, 0.25) is 5.91 Å². The molecule has 1 aliphatic heterocycles. The van der Waals surface area contributed by atoms with Crippen molar-refractivity contribution < 1.29 is 13.9 Å². The molecule has 3 unspecified atom stereocenters. The van der Waals surface area contributed by atoms with E-state index in [-0.39, 0.29) is 23.9 Å². The minimum absolute atomic E-state index is 0.113. The molecule has 0 bridgehead atoms. The molecule has 3 rings (SSSR count). The monoisotopic (exact) mass is 342 g/mol. The van der Waals surface area contributed by atoms with Crippen LogP contribution in [-0.4, -0.2) is 30.0 Å². The average molecular weight is 342 g/mol. The molecular weight excluding hydrogens is 319 g/mol. The topological polar surface area (TPSA) is 55.6 Å². The number of carbonyl (C=O) groups excluding carboxylic acids is 1. The van der Waals surface area contributed by atoms with Crippen LogP contribution in [-0.2, 0) is 9.53 Å². The van der Waals surface area contributed by atoms with Crippen LogP contribution >= 0.6 is 0 Å². The van der Waals surface area contributed by atoms with Crippen molar-refractivity contribution >= 4 is 5.91 Å². The fraction of sp³-hybridized carbons (Fsp3) is 0.350. The van der Waals surface area contributed by atoms with Crippen LogP contribution < -0.4 is 5.73 Å². The Bertz CT molecular complexity index is 730. The number of carbonyl (C=O) groups is 1. The molecule has 0 saturated carbocycles. The number of ether oxygens (including phenoxy) is 1. The number of amides is 1. The molecule has 2 aromatic rings. The third kappa shape index (κ3) is 4.06. The Morgan fingerprint density at radius 1 is 1.16 bits per heavy atom. The predicted molar refractivity (Wildman–Crippen MR) is 94.4 cm³/mol. The zero-order valence-electron chi connectivity index (χ0n) is 14.5. The highest BCUT2D eigenvalue weighted by atomic mass is 19.1. The summed E-state index contributed by atoms with van der Waals surface area (Å²) in [5.41, 5.74) is 8.97. The van der Waals surface area contributed by atoms with E-state index in [0.29, 0.717) is 13.1 Å². The van der Waals surface area contributed by atoms with Crippen molar-refractivity contribution in [3.8, 4) is 0 Å². The van der Waals surface area contributed by atoms with Crippen molar-refractivity contribution in [1.29, 1.82) is 0 Å². The first-order valence-electron chi connectivity index (χ1n) is 8.46. The summed E-state index contributed by atoms with van der Waals surface area (Å²) in [6.45, 7) is 4.83. The van der Waals surface area contributed by atoms with E-state index in [1.807, 2.05) is 38.1 Å². The number of rotatable bonds is 3. The molecule has 1 amide bonds. The molecule has 0 radical (unpaired) electrons. The molecule has 2 N–H and O–H groups in total. The number of nitrogens with two attached hydrogens (primary N) is 1. The molecule has 25 heavy (non-hydrogen) atoms. The van der Waals surface area contributed by atoms with Gasteiger partial charge < -0.3 is 15.4 Å². The second-order valence-electron chi connectivity index (χ2n) is 6.62. The Kier molecular flexibility index (Phi) is 5.16. The third-order valence-corrected chi connectivity index (χ3v) is 4.52. The van der Waals surface area contributed by atoms with Gasteiger partial charge in [0.15, 0.2) is 0 Å². The first-order valence-corrected chi connectivity index (χ1v) is 8.46. The van der Waals surface area contributed by atoms with Gasteiger partial charge in [0, 0.05) is 6.54 Å². The summed E-state index contributed by atoms with van der Waals surface area (Å²) in [4.78, 5) is 14.6. The summed E-state index contributed by atoms with van der Waals surface area (Å²) in [5.74, 6) is -0.409. The van der Waals surface area contributed by atoms with Crippen LogP contribution in [0.4, 0.5) is 4.39 Å². The smallest absolute Gasteiger partial charge is 0.244 e. The molecule has 0 spiro atoms. The summed E-state index contributed by atoms with van der Waals surface area (Å²) in [7, 11) is 0. The second-order valence-corrected chi connectivity index (χ2v) is 6.62. The molecule has 0 aliphatic carbocycles. The van der Waals surface area contributed by atoms with Crippen LogP contribution in [0, 0.1) is 12.7 Å². The summed E-state index contributed by atoms with van der Waals surface area (Å²) in [6, 6.07) is 13.2. The Hall–Kier alpha value is -2.24. The SMILES string of the molecule is Cc1ccc(C(N)C(=O)N2CC(C)OC(c3ccc(F)cc3)C2)cc1. The molecule has 4 nitrogen and oxygen atoms in total. The maximum Gasteiger partial charge on any atom is 0.244 e. The number of aryl methyl sites for hydroxylation is 1. The van der Waals surface area contributed by atoms with Gasteiger partial charge in [0.25, 0.3) is 0 Å². The third-order valence-electron chi connectivity index (χ3n) is 4.52. The van der Waals surface area contributed by atoms with Gasteiger partial charge in [-0.05, 0) is 37.1 Å². The zero-order chi connectivity index (χ0) is 18.0. The van der Waals surface area contributed by atoms with E-state index >= 15 is 0 Å². The maximum absolute atomic E-state index is 13.1. The van der Waals surface area contributed by atoms with Crippen molar-refractivity contribution in [2.75, 3.05) is 13.1 Å². The number of halogens is 1. The highest BCUT2D eigenvalue weighted by Gasteiger charge is 2.32. The first-order chi connectivity index (χ1) is 11.9. The van der Waals surface area contributed by atoms with Crippen molar-refractivity contribution in [1.82, 2.24) is 4.90 Å². The highest BCUT2D eigenvalue weighted by Crippen LogP contribution is 2.27. The summed E-state index contributed by atoms with van der Waals surface area (Å²) in [6.07, 6.45) is -0.392. The van der Waals surface area contributed by atoms with Crippen LogP contribution in [0.2, 0.25) is 0 Å². The van der Waals surface area contributed by atoms with Gasteiger partial charge in [0.1, 0.15) is 18.0 Å². The van der Waals surface area contributed by atoms with Gasteiger partial charge in [-0.1, -0.05) is 42.0 Å². The van der Waals surface area contributed by atoms with Gasteiger partial charge >= 0.3 is 0 Å². The average Bonchev–Trinajstić information content (AvgIpc) is 2.61. The van der Waals surface area contributed by atoms with Crippen molar-refractivity contribution in [3.05, 3.63) is 71.0 Å². The molecule has 0 aromatic heterocycles. The summed E-state index contributed by atoms with van der Waals surface area (Å²) >= 11 is 0. The van der Waals surface area contributed by atoms with E-state index in [1.165, 1.54) is 12.1 Å². The Morgan fingerprint density at radius 2 is 1.80 bits per heavy atom. The number of nitrogens with zero attached hydrogens (tertiary/aromatic N) is 1. The van der Waals surface area contributed by atoms with E-state index < -0.39 is 6.04 Å². The summed E-state index contributed by atoms with van der Waals surface area (Å²) < 4.78 is 19.1. The molecule has 1 heterocycles. The molecule has 2 aromatic carbocycles. The summed E-state index contributed by atoms with van der Waals surface area (Å²) in [5, 5.41) is 0. The number of benzene rings is 2. The minimum Gasteiger partial charge on any atom is -0.367 e. The Labute approximate surface area is 147 Å². The fourth-order valence-electron chi connectivity index (χ4n) is 3.11. The lowest BCUT2D eigenvalue weighted by Gasteiger charge is -2.38. The lowest BCUT2D eigenvalue weighted by molar-refractivity contribution is -0.146. The quantitative estimate of drug-likeness (QED) is 0.932. The number of hydrogen-bond acceptors (Lipinski definition) is 3. The second kappa shape index (κ2) is 7.33. The van der Waals surface area contributed by atoms with Crippen molar-refractivity contribution in [2.24, 2.45) is 5.73 Å². The van der Waals surface area contributed by atoms with Gasteiger partial charge in [-0.2, -0.15) is 0 Å². The van der Waals surface area contributed by atoms with E-state index in [1.54, 1.807) is 17.0 Å². The molecule has 5 heteroatoms. The molecule has 1 fully saturated rings. The van der Waals surface area contributed by atoms with Gasteiger partial charge in [0.05, 0.1) is 12.6 Å². The first kappa shape index (κ1) is 17.6. The largest absolute Gasteiger partial charge is 0.367 e. The fourth-order valence-corrected chi connectivity index (χ4v) is 3.11. The van der Waals surface area contributed by atoms with Gasteiger partial charge in [-0.15, -0.1) is 0 Å². The van der Waals surface area contributed by atoms with Gasteiger partial charge in [-0.3, -0.25) is 4.79 Å². The normalized spacial score (nSPS) is 21.8. The Balaban J connectivity index is 1.75. The van der Waals surface area contributed by atoms with Crippen LogP contribution in [0.5, 0.6) is 0 Å². The van der Waals surface area contributed by atoms with Crippen LogP contribution in [0.1, 0.15) is 35.8 Å². The maximum atomic E-state index is 13.1. The minimum atomic E-state index is -0.695. The van der Waals surface area contributed by atoms with Crippen LogP contribution in [0.25, 0.3) is 0 Å². The number of hydrogen-bond donors (Lipinski definition) is 1. The lowest BCUT2D eigenvalue weighted by atomic mass is 10.0. The van der Waals surface area contributed by atoms with Crippen LogP contribution in [0.3, 0.4) is 0 Å². The highest BCUT2D eigenvalue weighted by molar-refractivity contribution is 5.83. The van der Waals surface area contributed by atoms with E-state index in [0.717, 1.165) is 16.7 Å². The molecule has 1 saturated heterocycles. The molecule has 132 valence electrons. The van der Waals surface area contributed by atoms with Crippen LogP contribution in [0.15, 0.2) is 48.5 Å². The number of morpholine rings is 1. The predicted octanol–water partition coefficient (Wildman–Crippen LogP) is 3.12. The zero-order valence-corrected chi connectivity index (χ0v) is 14.5.